The van der Waals surface area contributed by atoms with Crippen molar-refractivity contribution in [3.63, 3.8) is 0 Å². The molecule has 1 aromatic rings. The Morgan fingerprint density at radius 3 is 2.65 bits per heavy atom. The third-order valence-corrected chi connectivity index (χ3v) is 5.88. The zero-order valence-corrected chi connectivity index (χ0v) is 15.0. The van der Waals surface area contributed by atoms with Crippen molar-refractivity contribution >= 4 is 33.2 Å². The standard InChI is InChI=1S/C14H17BrF3N3OS/c1-8-6-20(4-5-21(8)7-14(16,17)18)12(22)10-11(9-2-3-9)23-13(15)19-10/h8-9H,2-7H2,1H3/t8-/m0/s1. The molecule has 0 N–H and O–H groups in total. The Balaban J connectivity index is 1.68. The summed E-state index contributed by atoms with van der Waals surface area (Å²) in [5.41, 5.74) is 0.473. The molecule has 128 valence electrons. The molecule has 0 spiro atoms. The Morgan fingerprint density at radius 2 is 2.09 bits per heavy atom. The van der Waals surface area contributed by atoms with E-state index in [1.165, 1.54) is 16.2 Å². The van der Waals surface area contributed by atoms with Gasteiger partial charge in [0.1, 0.15) is 5.69 Å². The second kappa shape index (κ2) is 6.33. The van der Waals surface area contributed by atoms with Crippen LogP contribution in [0.4, 0.5) is 13.2 Å². The highest BCUT2D eigenvalue weighted by Gasteiger charge is 2.38. The van der Waals surface area contributed by atoms with Crippen LogP contribution in [-0.4, -0.2) is 59.1 Å². The van der Waals surface area contributed by atoms with Crippen molar-refractivity contribution in [2.24, 2.45) is 0 Å². The summed E-state index contributed by atoms with van der Waals surface area (Å²) in [5, 5.41) is 0. The van der Waals surface area contributed by atoms with Gasteiger partial charge in [-0.05, 0) is 41.6 Å². The number of hydrogen-bond acceptors (Lipinski definition) is 4. The largest absolute Gasteiger partial charge is 0.401 e. The smallest absolute Gasteiger partial charge is 0.334 e. The molecule has 1 saturated carbocycles. The number of hydrogen-bond donors (Lipinski definition) is 0. The first-order chi connectivity index (χ1) is 10.7. The van der Waals surface area contributed by atoms with Crippen molar-refractivity contribution in [2.75, 3.05) is 26.2 Å². The molecular weight excluding hydrogens is 395 g/mol. The van der Waals surface area contributed by atoms with Crippen molar-refractivity contribution in [1.29, 1.82) is 0 Å². The minimum atomic E-state index is -4.21. The van der Waals surface area contributed by atoms with E-state index in [4.69, 9.17) is 0 Å². The summed E-state index contributed by atoms with van der Waals surface area (Å²) in [6, 6.07) is -0.319. The fourth-order valence-corrected chi connectivity index (χ4v) is 4.53. The highest BCUT2D eigenvalue weighted by atomic mass is 79.9. The Kier molecular flexibility index (Phi) is 4.72. The van der Waals surface area contributed by atoms with E-state index in [2.05, 4.69) is 20.9 Å². The van der Waals surface area contributed by atoms with Crippen LogP contribution in [0, 0.1) is 0 Å². The Morgan fingerprint density at radius 1 is 1.39 bits per heavy atom. The maximum atomic E-state index is 12.7. The fourth-order valence-electron chi connectivity index (χ4n) is 2.87. The lowest BCUT2D eigenvalue weighted by Crippen LogP contribution is -2.55. The number of thiazole rings is 1. The number of amides is 1. The molecule has 0 unspecified atom stereocenters. The van der Waals surface area contributed by atoms with Gasteiger partial charge in [-0.25, -0.2) is 4.98 Å². The quantitative estimate of drug-likeness (QED) is 0.763. The second-order valence-corrected chi connectivity index (χ2v) is 8.45. The van der Waals surface area contributed by atoms with E-state index in [1.54, 1.807) is 11.8 Å². The van der Waals surface area contributed by atoms with Gasteiger partial charge in [-0.15, -0.1) is 11.3 Å². The normalized spacial score (nSPS) is 23.3. The fraction of sp³-hybridized carbons (Fsp3) is 0.714. The number of carbonyl (C=O) groups is 1. The van der Waals surface area contributed by atoms with Crippen LogP contribution in [0.5, 0.6) is 0 Å². The number of carbonyl (C=O) groups excluding carboxylic acids is 1. The molecule has 1 aliphatic carbocycles. The van der Waals surface area contributed by atoms with Gasteiger partial charge in [-0.1, -0.05) is 0 Å². The van der Waals surface area contributed by atoms with Gasteiger partial charge in [0.25, 0.3) is 5.91 Å². The van der Waals surface area contributed by atoms with Gasteiger partial charge >= 0.3 is 6.18 Å². The molecule has 0 aromatic carbocycles. The molecule has 1 aliphatic heterocycles. The summed E-state index contributed by atoms with van der Waals surface area (Å²) < 4.78 is 38.3. The SMILES string of the molecule is C[C@H]1CN(C(=O)c2nc(Br)sc2C2CC2)CCN1CC(F)(F)F. The Hall–Kier alpha value is -0.670. The number of aromatic nitrogens is 1. The van der Waals surface area contributed by atoms with Crippen LogP contribution in [0.1, 0.15) is 41.0 Å². The molecular formula is C14H17BrF3N3OS. The summed E-state index contributed by atoms with van der Waals surface area (Å²) >= 11 is 4.81. The molecule has 0 radical (unpaired) electrons. The molecule has 9 heteroatoms. The van der Waals surface area contributed by atoms with Gasteiger partial charge < -0.3 is 4.90 Å². The van der Waals surface area contributed by atoms with Crippen LogP contribution in [0.3, 0.4) is 0 Å². The Bertz CT molecular complexity index is 603. The van der Waals surface area contributed by atoms with Crippen molar-refractivity contribution in [3.05, 3.63) is 14.5 Å². The molecule has 2 heterocycles. The van der Waals surface area contributed by atoms with Crippen LogP contribution in [-0.2, 0) is 0 Å². The molecule has 4 nitrogen and oxygen atoms in total. The van der Waals surface area contributed by atoms with Crippen LogP contribution in [0.2, 0.25) is 0 Å². The van der Waals surface area contributed by atoms with Crippen molar-refractivity contribution < 1.29 is 18.0 Å². The summed E-state index contributed by atoms with van der Waals surface area (Å²) in [7, 11) is 0. The number of nitrogens with zero attached hydrogens (tertiary/aromatic N) is 3. The minimum absolute atomic E-state index is 0.160. The number of rotatable bonds is 3. The third-order valence-electron chi connectivity index (χ3n) is 4.21. The van der Waals surface area contributed by atoms with Crippen LogP contribution >= 0.6 is 27.3 Å². The molecule has 2 fully saturated rings. The first-order valence-electron chi connectivity index (χ1n) is 7.51. The third kappa shape index (κ3) is 4.06. The molecule has 1 atom stereocenters. The van der Waals surface area contributed by atoms with Crippen LogP contribution in [0.15, 0.2) is 3.92 Å². The summed E-state index contributed by atoms with van der Waals surface area (Å²) in [6.45, 7) is 1.64. The zero-order valence-electron chi connectivity index (χ0n) is 12.6. The van der Waals surface area contributed by atoms with Crippen LogP contribution in [0.25, 0.3) is 0 Å². The maximum Gasteiger partial charge on any atom is 0.401 e. The summed E-state index contributed by atoms with van der Waals surface area (Å²) in [6.07, 6.45) is -2.06. The monoisotopic (exact) mass is 411 g/mol. The van der Waals surface area contributed by atoms with Gasteiger partial charge in [0.2, 0.25) is 0 Å². The van der Waals surface area contributed by atoms with E-state index in [0.29, 0.717) is 28.6 Å². The minimum Gasteiger partial charge on any atom is -0.334 e. The van der Waals surface area contributed by atoms with E-state index >= 15 is 0 Å². The first kappa shape index (κ1) is 17.2. The molecule has 0 bridgehead atoms. The predicted molar refractivity (Wildman–Crippen MR) is 84.8 cm³/mol. The lowest BCUT2D eigenvalue weighted by molar-refractivity contribution is -0.153. The highest BCUT2D eigenvalue weighted by molar-refractivity contribution is 9.11. The molecule has 1 amide bonds. The second-order valence-electron chi connectivity index (χ2n) is 6.14. The van der Waals surface area contributed by atoms with E-state index in [-0.39, 0.29) is 18.5 Å². The lowest BCUT2D eigenvalue weighted by Gasteiger charge is -2.39. The van der Waals surface area contributed by atoms with E-state index in [1.807, 2.05) is 0 Å². The number of piperazine rings is 1. The van der Waals surface area contributed by atoms with Crippen molar-refractivity contribution in [1.82, 2.24) is 14.8 Å². The summed E-state index contributed by atoms with van der Waals surface area (Å²) in [4.78, 5) is 21.0. The van der Waals surface area contributed by atoms with Crippen molar-refractivity contribution in [2.45, 2.75) is 37.9 Å². The zero-order chi connectivity index (χ0) is 16.8. The summed E-state index contributed by atoms with van der Waals surface area (Å²) in [5.74, 6) is 0.258. The van der Waals surface area contributed by atoms with Gasteiger partial charge in [-0.2, -0.15) is 13.2 Å². The Labute approximate surface area is 144 Å². The van der Waals surface area contributed by atoms with Crippen LogP contribution < -0.4 is 0 Å². The molecule has 1 aromatic heterocycles. The van der Waals surface area contributed by atoms with Gasteiger partial charge in [0.05, 0.1) is 6.54 Å². The van der Waals surface area contributed by atoms with E-state index in [0.717, 1.165) is 17.7 Å². The van der Waals surface area contributed by atoms with E-state index in [9.17, 15) is 18.0 Å². The van der Waals surface area contributed by atoms with Gasteiger partial charge in [-0.3, -0.25) is 9.69 Å². The van der Waals surface area contributed by atoms with Gasteiger partial charge in [0.15, 0.2) is 3.92 Å². The topological polar surface area (TPSA) is 36.4 Å². The number of halogens is 4. The first-order valence-corrected chi connectivity index (χ1v) is 9.12. The molecule has 1 saturated heterocycles. The average molecular weight is 412 g/mol. The van der Waals surface area contributed by atoms with Crippen molar-refractivity contribution in [3.8, 4) is 0 Å². The predicted octanol–water partition coefficient (Wildman–Crippen LogP) is 3.49. The molecule has 23 heavy (non-hydrogen) atoms. The highest BCUT2D eigenvalue weighted by Crippen LogP contribution is 2.45. The van der Waals surface area contributed by atoms with E-state index < -0.39 is 12.7 Å². The maximum absolute atomic E-state index is 12.7. The van der Waals surface area contributed by atoms with Gasteiger partial charge in [0, 0.05) is 30.6 Å². The lowest BCUT2D eigenvalue weighted by atomic mass is 10.1. The average Bonchev–Trinajstić information content (AvgIpc) is 3.22. The molecule has 2 aliphatic rings. The molecule has 3 rings (SSSR count). The number of alkyl halides is 3.